The Kier molecular flexibility index (Phi) is 19.4. The van der Waals surface area contributed by atoms with Gasteiger partial charge in [0, 0.05) is 35.4 Å². The predicted molar refractivity (Wildman–Crippen MR) is 273 cm³/mol. The zero-order valence-corrected chi connectivity index (χ0v) is 44.4. The lowest BCUT2D eigenvalue weighted by molar-refractivity contribution is -0.234. The number of aliphatic carboxylic acids is 1. The maximum Gasteiger partial charge on any atom is 0.407 e. The molecular formula is C53H75FN8O15. The van der Waals surface area contributed by atoms with Crippen LogP contribution in [-0.2, 0) is 59.1 Å². The van der Waals surface area contributed by atoms with Gasteiger partial charge in [0.25, 0.3) is 0 Å². The molecule has 424 valence electrons. The van der Waals surface area contributed by atoms with Crippen molar-refractivity contribution in [1.29, 1.82) is 0 Å². The molecule has 1 unspecified atom stereocenters. The fourth-order valence-electron chi connectivity index (χ4n) is 12.2. The van der Waals surface area contributed by atoms with Gasteiger partial charge in [-0.1, -0.05) is 64.8 Å². The van der Waals surface area contributed by atoms with Crippen molar-refractivity contribution in [3.8, 4) is 0 Å². The number of urea groups is 1. The molecule has 7 amide bonds. The lowest BCUT2D eigenvalue weighted by Crippen LogP contribution is -2.70. The molecule has 4 fully saturated rings. The third-order valence-corrected chi connectivity index (χ3v) is 16.1. The summed E-state index contributed by atoms with van der Waals surface area (Å²) in [5, 5.41) is 36.0. The van der Waals surface area contributed by atoms with E-state index in [4.69, 9.17) is 35.5 Å². The molecule has 12 N–H and O–H groups in total. The van der Waals surface area contributed by atoms with Crippen LogP contribution in [0.2, 0.25) is 0 Å². The standard InChI is InChI=1S/C53H75FN8O15/c1-7-9-43-76-40-22-34-35-20-29(4)33-21-32(63)17-18-50(33,5)52(35,54)38(64)23-51(34,6)53(40,77-43)39(65)26-74-27-59-41(66)24-58-49(73)75-25-30-11-13-31(14-12-30)60-46(70)37(10-8-19-57-48(56)72)61-47(71)44(28(2)3)62-45(69)36(55)15-16-42(67)68/h11-14,17-18,21,28-29,34-38,40,43-44,64H,7-10,15-16,19-20,22-27,55H2,1-6H3,(H,58,73)(H,59,66)(H,60,70)(H,61,71)(H,62,69)(H,67,68)(H3,56,57,72)/t29-,34-,35-,36-,37-,38-,40+,43?,44-,50-,51-,52-,53+/m0/s1. The molecular weight excluding hydrogens is 1010 g/mol. The zero-order chi connectivity index (χ0) is 56.6. The number of carboxylic acid groups (broad SMARTS) is 1. The number of alkyl carbamates (subject to hydrolysis) is 1. The number of rotatable bonds is 25. The second-order valence-electron chi connectivity index (χ2n) is 21.6. The van der Waals surface area contributed by atoms with Crippen LogP contribution in [-0.4, -0.2) is 138 Å². The molecule has 13 atom stereocenters. The minimum atomic E-state index is -2.13. The minimum Gasteiger partial charge on any atom is -0.481 e. The topological polar surface area (TPSA) is 355 Å². The average molecular weight is 1080 g/mol. The molecule has 0 spiro atoms. The largest absolute Gasteiger partial charge is 0.481 e. The van der Waals surface area contributed by atoms with Crippen LogP contribution in [0.25, 0.3) is 0 Å². The minimum absolute atomic E-state index is 0.0485. The van der Waals surface area contributed by atoms with Crippen molar-refractivity contribution >= 4 is 59.0 Å². The third-order valence-electron chi connectivity index (χ3n) is 16.1. The van der Waals surface area contributed by atoms with Crippen molar-refractivity contribution in [2.45, 2.75) is 154 Å². The number of alkyl halides is 1. The number of aliphatic hydroxyl groups is 1. The fraction of sp³-hybridized carbons (Fsp3) is 0.642. The number of primary amides is 1. The fourth-order valence-corrected chi connectivity index (χ4v) is 12.2. The first-order chi connectivity index (χ1) is 36.3. The molecule has 1 aliphatic heterocycles. The molecule has 4 aliphatic carbocycles. The maximum absolute atomic E-state index is 18.0. The highest BCUT2D eigenvalue weighted by atomic mass is 19.1. The number of Topliss-reactive ketones (excluding diaryl/α,β-unsaturated/α-hetero) is 1. The van der Waals surface area contributed by atoms with E-state index in [1.54, 1.807) is 39.0 Å². The third kappa shape index (κ3) is 12.8. The highest BCUT2D eigenvalue weighted by Crippen LogP contribution is 2.72. The van der Waals surface area contributed by atoms with Crippen LogP contribution in [0.1, 0.15) is 105 Å². The Morgan fingerprint density at radius 1 is 0.948 bits per heavy atom. The molecule has 0 radical (unpaired) electrons. The lowest BCUT2D eigenvalue weighted by Gasteiger charge is -2.63. The number of nitrogens with two attached hydrogens (primary N) is 2. The van der Waals surface area contributed by atoms with E-state index < -0.39 is 144 Å². The lowest BCUT2D eigenvalue weighted by atomic mass is 9.43. The van der Waals surface area contributed by atoms with Gasteiger partial charge >= 0.3 is 18.1 Å². The number of allylic oxidation sites excluding steroid dienone is 4. The van der Waals surface area contributed by atoms with E-state index >= 15 is 4.39 Å². The summed E-state index contributed by atoms with van der Waals surface area (Å²) in [4.78, 5) is 114. The van der Waals surface area contributed by atoms with Gasteiger partial charge in [0.1, 0.15) is 38.6 Å². The van der Waals surface area contributed by atoms with Crippen LogP contribution in [0, 0.1) is 34.5 Å². The molecule has 0 bridgehead atoms. The van der Waals surface area contributed by atoms with Crippen molar-refractivity contribution in [1.82, 2.24) is 26.6 Å². The summed E-state index contributed by atoms with van der Waals surface area (Å²) in [5.74, 6) is -6.33. The summed E-state index contributed by atoms with van der Waals surface area (Å²) in [6.45, 7) is 9.27. The van der Waals surface area contributed by atoms with Crippen LogP contribution in [0.15, 0.2) is 48.1 Å². The van der Waals surface area contributed by atoms with E-state index in [9.17, 15) is 48.3 Å². The van der Waals surface area contributed by atoms with Crippen LogP contribution in [0.5, 0.6) is 0 Å². The smallest absolute Gasteiger partial charge is 0.407 e. The van der Waals surface area contributed by atoms with Crippen molar-refractivity contribution in [3.63, 3.8) is 0 Å². The molecule has 77 heavy (non-hydrogen) atoms. The Bertz CT molecular complexity index is 2480. The number of nitrogens with one attached hydrogen (secondary N) is 6. The van der Waals surface area contributed by atoms with E-state index in [1.807, 2.05) is 20.8 Å². The van der Waals surface area contributed by atoms with Crippen LogP contribution in [0.4, 0.5) is 19.7 Å². The predicted octanol–water partition coefficient (Wildman–Crippen LogP) is 2.28. The number of carboxylic acids is 1. The van der Waals surface area contributed by atoms with Crippen LogP contribution < -0.4 is 43.4 Å². The number of anilines is 1. The number of aliphatic hydroxyl groups excluding tert-OH is 1. The van der Waals surface area contributed by atoms with E-state index in [0.717, 1.165) is 0 Å². The Hall–Kier alpha value is -6.34. The Morgan fingerprint density at radius 2 is 1.66 bits per heavy atom. The highest BCUT2D eigenvalue weighted by Gasteiger charge is 2.79. The first-order valence-electron chi connectivity index (χ1n) is 26.3. The molecule has 6 rings (SSSR count). The van der Waals surface area contributed by atoms with Gasteiger partial charge in [-0.25, -0.2) is 14.0 Å². The second-order valence-corrected chi connectivity index (χ2v) is 21.6. The Morgan fingerprint density at radius 3 is 2.32 bits per heavy atom. The Labute approximate surface area is 446 Å². The van der Waals surface area contributed by atoms with Crippen LogP contribution in [0.3, 0.4) is 0 Å². The number of hydrogen-bond acceptors (Lipinski definition) is 15. The van der Waals surface area contributed by atoms with Gasteiger partial charge in [0.05, 0.1) is 18.2 Å². The molecule has 1 heterocycles. The summed E-state index contributed by atoms with van der Waals surface area (Å²) in [6, 6.07) is 1.90. The van der Waals surface area contributed by atoms with Crippen LogP contribution >= 0.6 is 0 Å². The molecule has 1 aromatic rings. The molecule has 24 heteroatoms. The summed E-state index contributed by atoms with van der Waals surface area (Å²) in [6.07, 6.45) is 2.06. The van der Waals surface area contributed by atoms with E-state index in [-0.39, 0.29) is 57.0 Å². The van der Waals surface area contributed by atoms with Gasteiger partial charge in [-0.3, -0.25) is 33.6 Å². The molecule has 5 aliphatic rings. The van der Waals surface area contributed by atoms with Gasteiger partial charge in [0.2, 0.25) is 23.6 Å². The summed E-state index contributed by atoms with van der Waals surface area (Å²) >= 11 is 0. The number of ether oxygens (including phenoxy) is 4. The van der Waals surface area contributed by atoms with Gasteiger partial charge in [0.15, 0.2) is 29.1 Å². The number of fused-ring (bicyclic) bond motifs is 7. The maximum atomic E-state index is 18.0. The summed E-state index contributed by atoms with van der Waals surface area (Å²) in [7, 11) is 0. The average Bonchev–Trinajstić information content (AvgIpc) is 3.86. The van der Waals surface area contributed by atoms with Gasteiger partial charge in [-0.05, 0) is 99.5 Å². The SMILES string of the molecule is CCCC1O[C@@H]2C[C@H]3[C@@H]4C[C@H](C)C5=CC(=O)C=C[C@]5(C)[C@@]4(F)[C@@H](O)C[C@]3(C)[C@]2(C(=O)COCNC(=O)CNC(=O)OCc2ccc(NC(=O)[C@H](CCCNC(N)=O)NC(=O)[C@@H](NC(=O)[C@@H](N)CCC(=O)O)C(C)C)cc2)O1. The van der Waals surface area contributed by atoms with Crippen molar-refractivity contribution < 1.29 is 76.7 Å². The number of benzene rings is 1. The number of halogens is 1. The van der Waals surface area contributed by atoms with Crippen molar-refractivity contribution in [3.05, 3.63) is 53.6 Å². The molecule has 23 nitrogen and oxygen atoms in total. The van der Waals surface area contributed by atoms with Crippen molar-refractivity contribution in [2.75, 3.05) is 31.7 Å². The first kappa shape index (κ1) is 59.9. The number of carbonyl (C=O) groups excluding carboxylic acids is 8. The van der Waals surface area contributed by atoms with Gasteiger partial charge < -0.3 is 72.5 Å². The number of ketones is 2. The molecule has 1 aromatic carbocycles. The van der Waals surface area contributed by atoms with E-state index in [2.05, 4.69) is 31.9 Å². The second kappa shape index (κ2) is 25.0. The first-order valence-corrected chi connectivity index (χ1v) is 26.3. The van der Waals surface area contributed by atoms with Crippen molar-refractivity contribution in [2.24, 2.45) is 46.0 Å². The van der Waals surface area contributed by atoms with Gasteiger partial charge in [-0.2, -0.15) is 0 Å². The number of amides is 7. The zero-order valence-electron chi connectivity index (χ0n) is 44.4. The number of hydrogen-bond donors (Lipinski definition) is 10. The normalized spacial score (nSPS) is 29.9. The van der Waals surface area contributed by atoms with E-state index in [1.165, 1.54) is 24.3 Å². The van der Waals surface area contributed by atoms with Gasteiger partial charge in [-0.15, -0.1) is 0 Å². The number of carbonyl (C=O) groups is 9. The Balaban J connectivity index is 0.972. The van der Waals surface area contributed by atoms with E-state index in [0.29, 0.717) is 42.5 Å². The monoisotopic (exact) mass is 1080 g/mol. The molecule has 1 saturated heterocycles. The summed E-state index contributed by atoms with van der Waals surface area (Å²) < 4.78 is 41.9. The summed E-state index contributed by atoms with van der Waals surface area (Å²) in [5.41, 5.74) is 6.43. The highest BCUT2D eigenvalue weighted by molar-refractivity contribution is 6.01. The molecule has 0 aromatic heterocycles. The quantitative estimate of drug-likeness (QED) is 0.0496. The molecule has 3 saturated carbocycles.